The lowest BCUT2D eigenvalue weighted by Gasteiger charge is -2.34. The highest BCUT2D eigenvalue weighted by Gasteiger charge is 2.25. The summed E-state index contributed by atoms with van der Waals surface area (Å²) < 4.78 is 0. The number of amides is 1. The maximum Gasteiger partial charge on any atom is 0.223 e. The van der Waals surface area contributed by atoms with Crippen LogP contribution in [0.25, 0.3) is 0 Å². The molecule has 4 heteroatoms. The number of benzene rings is 1. The van der Waals surface area contributed by atoms with Crippen molar-refractivity contribution in [2.45, 2.75) is 50.7 Å². The molecule has 2 atom stereocenters. The fourth-order valence-corrected chi connectivity index (χ4v) is 3.01. The van der Waals surface area contributed by atoms with Crippen LogP contribution in [0.4, 0.5) is 0 Å². The van der Waals surface area contributed by atoms with Crippen molar-refractivity contribution in [3.05, 3.63) is 48.0 Å². The summed E-state index contributed by atoms with van der Waals surface area (Å²) in [6.07, 6.45) is 7.83. The highest BCUT2D eigenvalue weighted by atomic mass is 16.3. The minimum Gasteiger partial charge on any atom is -0.396 e. The van der Waals surface area contributed by atoms with Crippen molar-refractivity contribution < 1.29 is 15.0 Å². The lowest BCUT2D eigenvalue weighted by molar-refractivity contribution is -0.135. The van der Waals surface area contributed by atoms with Gasteiger partial charge < -0.3 is 15.1 Å². The van der Waals surface area contributed by atoms with Gasteiger partial charge in [0.25, 0.3) is 0 Å². The Morgan fingerprint density at radius 2 is 2.04 bits per heavy atom. The number of carbonyl (C=O) groups is 1. The van der Waals surface area contributed by atoms with Gasteiger partial charge in [-0.1, -0.05) is 42.5 Å². The van der Waals surface area contributed by atoms with Gasteiger partial charge in [-0.05, 0) is 31.2 Å². The molecule has 0 spiro atoms. The first-order valence-electron chi connectivity index (χ1n) is 8.51. The first kappa shape index (κ1) is 17.7. The van der Waals surface area contributed by atoms with Gasteiger partial charge in [-0.25, -0.2) is 0 Å². The molecule has 0 aromatic heterocycles. The minimum atomic E-state index is -0.534. The Morgan fingerprint density at radius 3 is 2.78 bits per heavy atom. The Balaban J connectivity index is 1.90. The molecule has 1 unspecified atom stereocenters. The van der Waals surface area contributed by atoms with Crippen LogP contribution >= 0.6 is 0 Å². The molecule has 0 radical (unpaired) electrons. The van der Waals surface area contributed by atoms with E-state index in [0.29, 0.717) is 19.4 Å². The second-order valence-corrected chi connectivity index (χ2v) is 6.12. The predicted molar refractivity (Wildman–Crippen MR) is 91.0 cm³/mol. The second kappa shape index (κ2) is 9.48. The number of hydrogen-bond acceptors (Lipinski definition) is 3. The summed E-state index contributed by atoms with van der Waals surface area (Å²) in [5.74, 6) is 0.182. The van der Waals surface area contributed by atoms with Crippen LogP contribution in [0.5, 0.6) is 0 Å². The number of unbranched alkanes of at least 4 members (excludes halogenated alkanes) is 1. The maximum atomic E-state index is 12.1. The van der Waals surface area contributed by atoms with E-state index in [-0.39, 0.29) is 18.6 Å². The van der Waals surface area contributed by atoms with Crippen molar-refractivity contribution in [1.29, 1.82) is 0 Å². The molecule has 1 aromatic rings. The van der Waals surface area contributed by atoms with E-state index in [2.05, 4.69) is 0 Å². The topological polar surface area (TPSA) is 60.8 Å². The average Bonchev–Trinajstić information content (AvgIpc) is 2.56. The second-order valence-electron chi connectivity index (χ2n) is 6.12. The smallest absolute Gasteiger partial charge is 0.223 e. The Morgan fingerprint density at radius 1 is 1.26 bits per heavy atom. The average molecular weight is 317 g/mol. The molecule has 23 heavy (non-hydrogen) atoms. The number of aliphatic hydroxyl groups excluding tert-OH is 2. The standard InChI is InChI=1S/C19H27NO3/c21-14-5-4-13-20-17(9-6-10-19(20)23)11-12-18(22)15-16-7-2-1-3-8-16/h1-3,7-8,11-12,17-18,21-22H,4-6,9-10,13-15H2/t17-,18?/m1/s1. The van der Waals surface area contributed by atoms with Crippen LogP contribution in [0.2, 0.25) is 0 Å². The third kappa shape index (κ3) is 5.81. The number of aliphatic hydroxyl groups is 2. The fourth-order valence-electron chi connectivity index (χ4n) is 3.01. The van der Waals surface area contributed by atoms with Crippen molar-refractivity contribution >= 4 is 5.91 Å². The van der Waals surface area contributed by atoms with Crippen molar-refractivity contribution in [3.8, 4) is 0 Å². The largest absolute Gasteiger partial charge is 0.396 e. The zero-order valence-corrected chi connectivity index (χ0v) is 13.6. The molecule has 1 aliphatic rings. The van der Waals surface area contributed by atoms with E-state index in [1.165, 1.54) is 0 Å². The predicted octanol–water partition coefficient (Wildman–Crippen LogP) is 2.30. The Hall–Kier alpha value is -1.65. The minimum absolute atomic E-state index is 0.0698. The van der Waals surface area contributed by atoms with Gasteiger partial charge in [-0.2, -0.15) is 0 Å². The third-order valence-corrected chi connectivity index (χ3v) is 4.26. The van der Waals surface area contributed by atoms with Crippen LogP contribution in [0.3, 0.4) is 0 Å². The molecule has 1 heterocycles. The van der Waals surface area contributed by atoms with E-state index < -0.39 is 6.10 Å². The highest BCUT2D eigenvalue weighted by molar-refractivity contribution is 5.77. The van der Waals surface area contributed by atoms with E-state index in [9.17, 15) is 9.90 Å². The molecule has 2 N–H and O–H groups in total. The van der Waals surface area contributed by atoms with Crippen molar-refractivity contribution in [2.24, 2.45) is 0 Å². The van der Waals surface area contributed by atoms with Crippen LogP contribution < -0.4 is 0 Å². The molecule has 4 nitrogen and oxygen atoms in total. The summed E-state index contributed by atoms with van der Waals surface area (Å²) in [6.45, 7) is 0.849. The Kier molecular flexibility index (Phi) is 7.30. The number of hydrogen-bond donors (Lipinski definition) is 2. The molecule has 1 amide bonds. The fraction of sp³-hybridized carbons (Fsp3) is 0.526. The molecule has 1 aliphatic heterocycles. The Labute approximate surface area is 138 Å². The third-order valence-electron chi connectivity index (χ3n) is 4.26. The summed E-state index contributed by atoms with van der Waals surface area (Å²) in [6, 6.07) is 9.97. The van der Waals surface area contributed by atoms with Gasteiger partial charge in [0.2, 0.25) is 5.91 Å². The molecule has 1 fully saturated rings. The molecule has 0 bridgehead atoms. The first-order valence-corrected chi connectivity index (χ1v) is 8.51. The molecule has 1 saturated heterocycles. The number of carbonyl (C=O) groups excluding carboxylic acids is 1. The van der Waals surface area contributed by atoms with Gasteiger partial charge in [-0.3, -0.25) is 4.79 Å². The summed E-state index contributed by atoms with van der Waals surface area (Å²) in [5, 5.41) is 19.1. The van der Waals surface area contributed by atoms with E-state index in [4.69, 9.17) is 5.11 Å². The van der Waals surface area contributed by atoms with Crippen molar-refractivity contribution in [3.63, 3.8) is 0 Å². The number of piperidine rings is 1. The van der Waals surface area contributed by atoms with Crippen LogP contribution in [-0.2, 0) is 11.2 Å². The van der Waals surface area contributed by atoms with Gasteiger partial charge in [0.05, 0.1) is 12.1 Å². The van der Waals surface area contributed by atoms with Crippen molar-refractivity contribution in [2.75, 3.05) is 13.2 Å². The van der Waals surface area contributed by atoms with E-state index in [1.54, 1.807) is 0 Å². The monoisotopic (exact) mass is 317 g/mol. The quantitative estimate of drug-likeness (QED) is 0.571. The summed E-state index contributed by atoms with van der Waals surface area (Å²) in [7, 11) is 0. The van der Waals surface area contributed by atoms with Crippen LogP contribution in [0.15, 0.2) is 42.5 Å². The molecule has 1 aromatic carbocycles. The molecule has 2 rings (SSSR count). The molecule has 0 aliphatic carbocycles. The molecule has 0 saturated carbocycles. The molecule has 126 valence electrons. The number of rotatable bonds is 8. The zero-order valence-electron chi connectivity index (χ0n) is 13.6. The van der Waals surface area contributed by atoms with Crippen molar-refractivity contribution in [1.82, 2.24) is 4.90 Å². The van der Waals surface area contributed by atoms with Crippen LogP contribution in [-0.4, -0.2) is 46.3 Å². The first-order chi connectivity index (χ1) is 11.2. The van der Waals surface area contributed by atoms with E-state index in [0.717, 1.165) is 31.2 Å². The Bertz CT molecular complexity index is 501. The molecular formula is C19H27NO3. The van der Waals surface area contributed by atoms with Gasteiger partial charge in [0, 0.05) is 26.0 Å². The van der Waals surface area contributed by atoms with Gasteiger partial charge in [0.15, 0.2) is 0 Å². The summed E-state index contributed by atoms with van der Waals surface area (Å²) in [5.41, 5.74) is 1.10. The normalized spacial score (nSPS) is 20.2. The SMILES string of the molecule is O=C1CCC[C@H](C=CC(O)Cc2ccccc2)N1CCCCO. The summed E-state index contributed by atoms with van der Waals surface area (Å²) >= 11 is 0. The van der Waals surface area contributed by atoms with Crippen LogP contribution in [0.1, 0.15) is 37.7 Å². The van der Waals surface area contributed by atoms with E-state index in [1.807, 2.05) is 47.4 Å². The van der Waals surface area contributed by atoms with Gasteiger partial charge in [-0.15, -0.1) is 0 Å². The van der Waals surface area contributed by atoms with E-state index >= 15 is 0 Å². The number of nitrogens with zero attached hydrogens (tertiary/aromatic N) is 1. The van der Waals surface area contributed by atoms with Gasteiger partial charge >= 0.3 is 0 Å². The zero-order chi connectivity index (χ0) is 16.5. The van der Waals surface area contributed by atoms with Crippen LogP contribution in [0, 0.1) is 0 Å². The maximum absolute atomic E-state index is 12.1. The lowest BCUT2D eigenvalue weighted by atomic mass is 9.99. The molecular weight excluding hydrogens is 290 g/mol. The summed E-state index contributed by atoms with van der Waals surface area (Å²) in [4.78, 5) is 14.0. The number of likely N-dealkylation sites (tertiary alicyclic amines) is 1. The lowest BCUT2D eigenvalue weighted by Crippen LogP contribution is -2.43. The van der Waals surface area contributed by atoms with Gasteiger partial charge in [0.1, 0.15) is 0 Å². The highest BCUT2D eigenvalue weighted by Crippen LogP contribution is 2.20.